The summed E-state index contributed by atoms with van der Waals surface area (Å²) in [4.78, 5) is 40.7. The number of fused-ring (bicyclic) bond motifs is 1. The maximum atomic E-state index is 13.3. The molecule has 1 saturated heterocycles. The van der Waals surface area contributed by atoms with Gasteiger partial charge in [-0.1, -0.05) is 43.2 Å². The Morgan fingerprint density at radius 1 is 1.03 bits per heavy atom. The number of benzene rings is 2. The van der Waals surface area contributed by atoms with Crippen LogP contribution in [0.3, 0.4) is 0 Å². The highest BCUT2D eigenvalue weighted by atomic mass is 16.5. The van der Waals surface area contributed by atoms with Gasteiger partial charge in [-0.25, -0.2) is 4.79 Å². The van der Waals surface area contributed by atoms with Crippen molar-refractivity contribution in [2.45, 2.75) is 50.2 Å². The van der Waals surface area contributed by atoms with Crippen molar-refractivity contribution >= 4 is 29.2 Å². The average Bonchev–Trinajstić information content (AvgIpc) is 2.80. The lowest BCUT2D eigenvalue weighted by Gasteiger charge is -2.47. The van der Waals surface area contributed by atoms with Crippen LogP contribution in [0.4, 0.5) is 16.2 Å². The Balaban J connectivity index is 1.55. The Labute approximate surface area is 187 Å². The van der Waals surface area contributed by atoms with Crippen LogP contribution in [0, 0.1) is 0 Å². The van der Waals surface area contributed by atoms with Gasteiger partial charge < -0.3 is 25.6 Å². The lowest BCUT2D eigenvalue weighted by atomic mass is 9.85. The lowest BCUT2D eigenvalue weighted by Crippen LogP contribution is -2.68. The van der Waals surface area contributed by atoms with Gasteiger partial charge in [0, 0.05) is 11.7 Å². The minimum Gasteiger partial charge on any atom is -0.495 e. The predicted molar refractivity (Wildman–Crippen MR) is 122 cm³/mol. The summed E-state index contributed by atoms with van der Waals surface area (Å²) in [6.07, 6.45) is 3.46. The fourth-order valence-electron chi connectivity index (χ4n) is 4.57. The molecule has 168 valence electrons. The monoisotopic (exact) mass is 436 g/mol. The number of carbonyl (C=O) groups excluding carboxylic acids is 3. The van der Waals surface area contributed by atoms with E-state index in [0.717, 1.165) is 25.7 Å². The number of nitrogens with one attached hydrogen (secondary N) is 3. The highest BCUT2D eigenvalue weighted by molar-refractivity contribution is 6.00. The zero-order chi connectivity index (χ0) is 22.5. The van der Waals surface area contributed by atoms with Crippen molar-refractivity contribution in [1.29, 1.82) is 0 Å². The van der Waals surface area contributed by atoms with Gasteiger partial charge in [0.2, 0.25) is 11.8 Å². The Bertz CT molecular complexity index is 981. The number of hydrogen-bond donors (Lipinski definition) is 3. The van der Waals surface area contributed by atoms with Crippen molar-refractivity contribution < 1.29 is 19.1 Å². The summed E-state index contributed by atoms with van der Waals surface area (Å²) in [7, 11) is 1.53. The molecule has 2 aromatic rings. The summed E-state index contributed by atoms with van der Waals surface area (Å²) in [5, 5.41) is 8.74. The van der Waals surface area contributed by atoms with Crippen molar-refractivity contribution in [2.24, 2.45) is 0 Å². The van der Waals surface area contributed by atoms with Crippen molar-refractivity contribution in [1.82, 2.24) is 10.2 Å². The van der Waals surface area contributed by atoms with E-state index in [0.29, 0.717) is 17.1 Å². The fourth-order valence-corrected chi connectivity index (χ4v) is 4.57. The second-order valence-corrected chi connectivity index (χ2v) is 8.14. The number of methoxy groups -OCH3 is 1. The molecular formula is C24H28N4O4. The van der Waals surface area contributed by atoms with Gasteiger partial charge in [0.15, 0.2) is 0 Å². The van der Waals surface area contributed by atoms with E-state index in [4.69, 9.17) is 4.74 Å². The minimum atomic E-state index is -0.896. The van der Waals surface area contributed by atoms with Gasteiger partial charge in [0.25, 0.3) is 0 Å². The molecule has 0 spiro atoms. The third kappa shape index (κ3) is 4.69. The number of anilines is 2. The number of urea groups is 1. The molecule has 3 atom stereocenters. The van der Waals surface area contributed by atoms with E-state index >= 15 is 0 Å². The van der Waals surface area contributed by atoms with Crippen molar-refractivity contribution in [3.63, 3.8) is 0 Å². The minimum absolute atomic E-state index is 0.0914. The molecule has 2 fully saturated rings. The Hall–Kier alpha value is -3.55. The summed E-state index contributed by atoms with van der Waals surface area (Å²) in [6, 6.07) is 14.7. The van der Waals surface area contributed by atoms with Crippen LogP contribution in [0.15, 0.2) is 54.6 Å². The number of hydrogen-bond acceptors (Lipinski definition) is 4. The summed E-state index contributed by atoms with van der Waals surface area (Å²) in [5.41, 5.74) is 1.17. The van der Waals surface area contributed by atoms with Crippen LogP contribution in [0.1, 0.15) is 32.1 Å². The maximum Gasteiger partial charge on any atom is 0.322 e. The molecule has 8 nitrogen and oxygen atoms in total. The number of carbonyl (C=O) groups is 3. The van der Waals surface area contributed by atoms with Crippen LogP contribution in [0.25, 0.3) is 0 Å². The van der Waals surface area contributed by atoms with E-state index in [-0.39, 0.29) is 36.3 Å². The first kappa shape index (κ1) is 21.7. The first-order chi connectivity index (χ1) is 15.6. The average molecular weight is 437 g/mol. The molecule has 1 heterocycles. The molecule has 1 saturated carbocycles. The molecule has 8 heteroatoms. The molecule has 2 aliphatic rings. The van der Waals surface area contributed by atoms with E-state index < -0.39 is 6.04 Å². The number of ether oxygens (including phenoxy) is 1. The standard InChI is InChI=1S/C24H28N4O4/c1-32-21-14-8-6-12-18(21)26-22(29)15-20-23(30)27-17-11-5-7-13-19(17)28(20)24(31)25-16-9-3-2-4-10-16/h2-4,6,8-10,12,14,17,19-20H,5,7,11,13,15H2,1H3,(H,25,31)(H,26,29)(H,27,30)/t17-,19-,20-/m0/s1. The van der Waals surface area contributed by atoms with Crippen LogP contribution in [0.5, 0.6) is 5.75 Å². The van der Waals surface area contributed by atoms with Gasteiger partial charge in [-0.15, -0.1) is 0 Å². The zero-order valence-electron chi connectivity index (χ0n) is 18.0. The maximum absolute atomic E-state index is 13.3. The largest absolute Gasteiger partial charge is 0.495 e. The smallest absolute Gasteiger partial charge is 0.322 e. The van der Waals surface area contributed by atoms with E-state index in [1.807, 2.05) is 24.3 Å². The Morgan fingerprint density at radius 2 is 1.75 bits per heavy atom. The number of piperazine rings is 1. The normalized spacial score (nSPS) is 22.3. The Kier molecular flexibility index (Phi) is 6.58. The highest BCUT2D eigenvalue weighted by Crippen LogP contribution is 2.31. The summed E-state index contributed by atoms with van der Waals surface area (Å²) < 4.78 is 5.29. The van der Waals surface area contributed by atoms with Crippen LogP contribution in [0.2, 0.25) is 0 Å². The number of para-hydroxylation sites is 3. The number of nitrogens with zero attached hydrogens (tertiary/aromatic N) is 1. The second-order valence-electron chi connectivity index (χ2n) is 8.14. The summed E-state index contributed by atoms with van der Waals surface area (Å²) in [5.74, 6) is -0.132. The van der Waals surface area contributed by atoms with Crippen molar-refractivity contribution in [3.8, 4) is 5.75 Å². The van der Waals surface area contributed by atoms with Crippen LogP contribution >= 0.6 is 0 Å². The topological polar surface area (TPSA) is 99.8 Å². The first-order valence-electron chi connectivity index (χ1n) is 10.9. The predicted octanol–water partition coefficient (Wildman–Crippen LogP) is 3.37. The third-order valence-electron chi connectivity index (χ3n) is 6.07. The molecule has 32 heavy (non-hydrogen) atoms. The van der Waals surface area contributed by atoms with E-state index in [1.165, 1.54) is 7.11 Å². The molecule has 2 aromatic carbocycles. The molecule has 0 aromatic heterocycles. The summed E-state index contributed by atoms with van der Waals surface area (Å²) >= 11 is 0. The van der Waals surface area contributed by atoms with Gasteiger partial charge >= 0.3 is 6.03 Å². The van der Waals surface area contributed by atoms with Gasteiger partial charge in [0.05, 0.1) is 25.3 Å². The van der Waals surface area contributed by atoms with Gasteiger partial charge in [-0.2, -0.15) is 0 Å². The van der Waals surface area contributed by atoms with Gasteiger partial charge in [-0.05, 0) is 37.1 Å². The lowest BCUT2D eigenvalue weighted by molar-refractivity contribution is -0.135. The van der Waals surface area contributed by atoms with Crippen LogP contribution in [-0.2, 0) is 9.59 Å². The van der Waals surface area contributed by atoms with Gasteiger partial charge in [0.1, 0.15) is 11.8 Å². The van der Waals surface area contributed by atoms with Crippen LogP contribution in [-0.4, -0.2) is 48.0 Å². The van der Waals surface area contributed by atoms with Crippen molar-refractivity contribution in [3.05, 3.63) is 54.6 Å². The molecule has 0 radical (unpaired) electrons. The molecule has 0 unspecified atom stereocenters. The SMILES string of the molecule is COc1ccccc1NC(=O)C[C@H]1C(=O)N[C@H]2CCCC[C@@H]2N1C(=O)Nc1ccccc1. The second kappa shape index (κ2) is 9.72. The Morgan fingerprint density at radius 3 is 2.53 bits per heavy atom. The zero-order valence-corrected chi connectivity index (χ0v) is 18.0. The quantitative estimate of drug-likeness (QED) is 0.669. The molecular weight excluding hydrogens is 408 g/mol. The number of amides is 4. The van der Waals surface area contributed by atoms with Crippen LogP contribution < -0.4 is 20.7 Å². The third-order valence-corrected chi connectivity index (χ3v) is 6.07. The molecule has 3 N–H and O–H groups in total. The molecule has 1 aliphatic heterocycles. The first-order valence-corrected chi connectivity index (χ1v) is 10.9. The number of rotatable bonds is 5. The van der Waals surface area contributed by atoms with E-state index in [9.17, 15) is 14.4 Å². The van der Waals surface area contributed by atoms with E-state index in [1.54, 1.807) is 35.2 Å². The molecule has 4 rings (SSSR count). The molecule has 0 bridgehead atoms. The van der Waals surface area contributed by atoms with Gasteiger partial charge in [-0.3, -0.25) is 9.59 Å². The van der Waals surface area contributed by atoms with Crippen molar-refractivity contribution in [2.75, 3.05) is 17.7 Å². The van der Waals surface area contributed by atoms with E-state index in [2.05, 4.69) is 16.0 Å². The molecule has 1 aliphatic carbocycles. The molecule has 4 amide bonds. The summed E-state index contributed by atoms with van der Waals surface area (Å²) in [6.45, 7) is 0. The fraction of sp³-hybridized carbons (Fsp3) is 0.375. The highest BCUT2D eigenvalue weighted by Gasteiger charge is 2.46.